The molecule has 0 saturated heterocycles. The molecule has 22 heavy (non-hydrogen) atoms. The summed E-state index contributed by atoms with van der Waals surface area (Å²) in [5.74, 6) is 4.83. The molecule has 2 aromatic rings. The molecule has 2 aliphatic carbocycles. The van der Waals surface area contributed by atoms with Gasteiger partial charge in [-0.05, 0) is 65.5 Å². The molecule has 2 aromatic carbocycles. The van der Waals surface area contributed by atoms with Crippen LogP contribution in [0.5, 0.6) is 0 Å². The molecule has 114 valence electrons. The van der Waals surface area contributed by atoms with Gasteiger partial charge < -0.3 is 0 Å². The molecule has 0 N–H and O–H groups in total. The maximum absolute atomic E-state index is 2.49. The molecule has 2 bridgehead atoms. The first kappa shape index (κ1) is 14.1. The van der Waals surface area contributed by atoms with Crippen molar-refractivity contribution in [3.05, 3.63) is 71.3 Å². The molecular weight excluding hydrogens is 264 g/mol. The fourth-order valence-electron chi connectivity index (χ4n) is 5.52. The van der Waals surface area contributed by atoms with E-state index >= 15 is 0 Å². The number of benzene rings is 2. The first-order valence-electron chi connectivity index (χ1n) is 8.79. The van der Waals surface area contributed by atoms with Crippen molar-refractivity contribution in [1.29, 1.82) is 0 Å². The lowest BCUT2D eigenvalue weighted by atomic mass is 9.64. The summed E-state index contributed by atoms with van der Waals surface area (Å²) in [6, 6.07) is 20.4. The zero-order valence-corrected chi connectivity index (χ0v) is 13.9. The summed E-state index contributed by atoms with van der Waals surface area (Å²) in [5.41, 5.74) is 4.63. The molecule has 2 aliphatic rings. The number of hydrogen-bond acceptors (Lipinski definition) is 0. The van der Waals surface area contributed by atoms with Gasteiger partial charge in [-0.25, -0.2) is 0 Å². The van der Waals surface area contributed by atoms with E-state index in [1.165, 1.54) is 12.0 Å². The Labute approximate surface area is 134 Å². The van der Waals surface area contributed by atoms with E-state index < -0.39 is 0 Å². The van der Waals surface area contributed by atoms with Crippen LogP contribution in [0.1, 0.15) is 48.8 Å². The van der Waals surface area contributed by atoms with Crippen LogP contribution in [0.3, 0.4) is 0 Å². The van der Waals surface area contributed by atoms with Crippen molar-refractivity contribution >= 4 is 0 Å². The number of rotatable bonds is 2. The molecule has 0 heteroatoms. The zero-order chi connectivity index (χ0) is 15.3. The Morgan fingerprint density at radius 2 is 1.32 bits per heavy atom. The molecule has 6 atom stereocenters. The molecule has 2 fully saturated rings. The summed E-state index contributed by atoms with van der Waals surface area (Å²) in [7, 11) is 0. The van der Waals surface area contributed by atoms with Gasteiger partial charge in [0.25, 0.3) is 0 Å². The lowest BCUT2D eigenvalue weighted by Crippen LogP contribution is -2.30. The zero-order valence-electron chi connectivity index (χ0n) is 13.9. The highest BCUT2D eigenvalue weighted by atomic mass is 14.6. The van der Waals surface area contributed by atoms with Gasteiger partial charge in [0.05, 0.1) is 0 Å². The highest BCUT2D eigenvalue weighted by Gasteiger charge is 2.55. The molecule has 0 heterocycles. The summed E-state index contributed by atoms with van der Waals surface area (Å²) in [6.07, 6.45) is 1.42. The van der Waals surface area contributed by atoms with Crippen LogP contribution < -0.4 is 0 Å². The van der Waals surface area contributed by atoms with Gasteiger partial charge in [-0.1, -0.05) is 68.4 Å². The molecule has 0 amide bonds. The Bertz CT molecular complexity index is 657. The van der Waals surface area contributed by atoms with E-state index in [0.29, 0.717) is 11.8 Å². The summed E-state index contributed by atoms with van der Waals surface area (Å²) >= 11 is 0. The first-order chi connectivity index (χ1) is 10.7. The molecule has 0 aliphatic heterocycles. The molecule has 6 unspecified atom stereocenters. The maximum Gasteiger partial charge on any atom is -0.00566 e. The third-order valence-electron chi connectivity index (χ3n) is 6.77. The minimum absolute atomic E-state index is 0.707. The fraction of sp³-hybridized carbons (Fsp3) is 0.455. The Balaban J connectivity index is 1.82. The molecule has 4 rings (SSSR count). The van der Waals surface area contributed by atoms with Crippen molar-refractivity contribution in [2.75, 3.05) is 0 Å². The molecule has 0 spiro atoms. The van der Waals surface area contributed by atoms with E-state index in [-0.39, 0.29) is 0 Å². The van der Waals surface area contributed by atoms with E-state index in [4.69, 9.17) is 0 Å². The minimum Gasteiger partial charge on any atom is -0.0622 e. The van der Waals surface area contributed by atoms with E-state index in [2.05, 4.69) is 75.4 Å². The van der Waals surface area contributed by atoms with Gasteiger partial charge >= 0.3 is 0 Å². The quantitative estimate of drug-likeness (QED) is 0.657. The summed E-state index contributed by atoms with van der Waals surface area (Å²) in [4.78, 5) is 0. The van der Waals surface area contributed by atoms with Gasteiger partial charge in [-0.3, -0.25) is 0 Å². The normalized spacial score (nSPS) is 36.7. The topological polar surface area (TPSA) is 0 Å². The second-order valence-corrected chi connectivity index (χ2v) is 7.60. The summed E-state index contributed by atoms with van der Waals surface area (Å²) < 4.78 is 0. The summed E-state index contributed by atoms with van der Waals surface area (Å²) in [5, 5.41) is 0. The largest absolute Gasteiger partial charge is 0.0622 e. The lowest BCUT2D eigenvalue weighted by Gasteiger charge is -2.39. The third-order valence-corrected chi connectivity index (χ3v) is 6.77. The lowest BCUT2D eigenvalue weighted by molar-refractivity contribution is 0.204. The van der Waals surface area contributed by atoms with Gasteiger partial charge in [-0.2, -0.15) is 0 Å². The van der Waals surface area contributed by atoms with E-state index in [0.717, 1.165) is 23.7 Å². The van der Waals surface area contributed by atoms with Crippen molar-refractivity contribution in [2.24, 2.45) is 23.7 Å². The van der Waals surface area contributed by atoms with E-state index in [9.17, 15) is 0 Å². The second kappa shape index (κ2) is 5.26. The van der Waals surface area contributed by atoms with Crippen LogP contribution in [0.25, 0.3) is 0 Å². The molecule has 0 radical (unpaired) electrons. The highest BCUT2D eigenvalue weighted by molar-refractivity contribution is 5.38. The van der Waals surface area contributed by atoms with Gasteiger partial charge in [0, 0.05) is 0 Å². The minimum atomic E-state index is 0.707. The second-order valence-electron chi connectivity index (χ2n) is 7.60. The highest BCUT2D eigenvalue weighted by Crippen LogP contribution is 2.65. The van der Waals surface area contributed by atoms with Crippen LogP contribution >= 0.6 is 0 Å². The van der Waals surface area contributed by atoms with Gasteiger partial charge in [-0.15, -0.1) is 0 Å². The van der Waals surface area contributed by atoms with E-state index in [1.807, 2.05) is 0 Å². The van der Waals surface area contributed by atoms with Gasteiger partial charge in [0.2, 0.25) is 0 Å². The first-order valence-corrected chi connectivity index (χ1v) is 8.79. The number of aryl methyl sites for hydroxylation is 1. The van der Waals surface area contributed by atoms with Crippen molar-refractivity contribution in [3.8, 4) is 0 Å². The average Bonchev–Trinajstić information content (AvgIpc) is 3.06. The van der Waals surface area contributed by atoms with Crippen LogP contribution in [0, 0.1) is 30.6 Å². The van der Waals surface area contributed by atoms with Crippen LogP contribution in [0.4, 0.5) is 0 Å². The molecule has 0 aromatic heterocycles. The fourth-order valence-corrected chi connectivity index (χ4v) is 5.52. The third kappa shape index (κ3) is 1.96. The monoisotopic (exact) mass is 290 g/mol. The van der Waals surface area contributed by atoms with Gasteiger partial charge in [0.1, 0.15) is 0 Å². The van der Waals surface area contributed by atoms with Crippen molar-refractivity contribution in [3.63, 3.8) is 0 Å². The van der Waals surface area contributed by atoms with Crippen LogP contribution in [-0.2, 0) is 0 Å². The molecule has 0 nitrogen and oxygen atoms in total. The SMILES string of the molecule is Cc1ccccc1C1C2CC(C(C)C2C)C1c1ccccc1. The Morgan fingerprint density at radius 1 is 0.727 bits per heavy atom. The van der Waals surface area contributed by atoms with Crippen LogP contribution in [-0.4, -0.2) is 0 Å². The Morgan fingerprint density at radius 3 is 2.00 bits per heavy atom. The maximum atomic E-state index is 2.49. The number of hydrogen-bond donors (Lipinski definition) is 0. The van der Waals surface area contributed by atoms with Crippen LogP contribution in [0.15, 0.2) is 54.6 Å². The molecular formula is C22H26. The molecule has 2 saturated carbocycles. The smallest absolute Gasteiger partial charge is 0.00566 e. The number of fused-ring (bicyclic) bond motifs is 2. The standard InChI is InChI=1S/C22H26/c1-14-9-7-8-12-18(14)22-20-13-19(15(2)16(20)3)21(22)17-10-5-4-6-11-17/h4-12,15-16,19-22H,13H2,1-3H3. The van der Waals surface area contributed by atoms with Crippen molar-refractivity contribution < 1.29 is 0 Å². The summed E-state index contributed by atoms with van der Waals surface area (Å²) in [6.45, 7) is 7.26. The van der Waals surface area contributed by atoms with Gasteiger partial charge in [0.15, 0.2) is 0 Å². The predicted octanol–water partition coefficient (Wildman–Crippen LogP) is 5.78. The Hall–Kier alpha value is -1.56. The van der Waals surface area contributed by atoms with Crippen LogP contribution in [0.2, 0.25) is 0 Å². The van der Waals surface area contributed by atoms with E-state index in [1.54, 1.807) is 11.1 Å². The Kier molecular flexibility index (Phi) is 3.36. The average molecular weight is 290 g/mol. The predicted molar refractivity (Wildman–Crippen MR) is 93.0 cm³/mol. The van der Waals surface area contributed by atoms with Crippen molar-refractivity contribution in [2.45, 2.75) is 39.0 Å². The van der Waals surface area contributed by atoms with Crippen molar-refractivity contribution in [1.82, 2.24) is 0 Å².